The Morgan fingerprint density at radius 1 is 0.750 bits per heavy atom. The second-order valence-electron chi connectivity index (χ2n) is 4.44. The van der Waals surface area contributed by atoms with Crippen LogP contribution in [0.1, 0.15) is 0 Å². The maximum Gasteiger partial charge on any atom is 0.294 e. The van der Waals surface area contributed by atoms with Crippen LogP contribution >= 0.6 is 0 Å². The lowest BCUT2D eigenvalue weighted by atomic mass is 10.0. The quantitative estimate of drug-likeness (QED) is 0.473. The van der Waals surface area contributed by atoms with Crippen molar-refractivity contribution in [3.63, 3.8) is 0 Å². The zero-order valence-electron chi connectivity index (χ0n) is 9.84. The van der Waals surface area contributed by atoms with Crippen molar-refractivity contribution in [3.8, 4) is 11.9 Å². The molecule has 2 heterocycles. The van der Waals surface area contributed by atoms with E-state index in [4.69, 9.17) is 8.83 Å². The fraction of sp³-hybridized carbons (Fsp3) is 0. The molecule has 0 saturated heterocycles. The van der Waals surface area contributed by atoms with Gasteiger partial charge in [0.15, 0.2) is 11.0 Å². The summed E-state index contributed by atoms with van der Waals surface area (Å²) in [4.78, 5) is 23.7. The van der Waals surface area contributed by atoms with Crippen LogP contribution in [0.25, 0.3) is 32.7 Å². The van der Waals surface area contributed by atoms with Crippen LogP contribution in [0.2, 0.25) is 0 Å². The summed E-state index contributed by atoms with van der Waals surface area (Å²) in [7, 11) is 0. The summed E-state index contributed by atoms with van der Waals surface area (Å²) in [5.41, 5.74) is -0.863. The zero-order chi connectivity index (χ0) is 14.0. The summed E-state index contributed by atoms with van der Waals surface area (Å²) in [6.07, 6.45) is 0. The van der Waals surface area contributed by atoms with Crippen molar-refractivity contribution in [1.29, 1.82) is 0 Å². The molecule has 0 aliphatic carbocycles. The lowest BCUT2D eigenvalue weighted by Crippen LogP contribution is -2.04. The fourth-order valence-electron chi connectivity index (χ4n) is 2.51. The van der Waals surface area contributed by atoms with Gasteiger partial charge < -0.3 is 19.0 Å². The zero-order valence-corrected chi connectivity index (χ0v) is 9.84. The SMILES string of the molecule is O=c1ccc2c(O)oc3ccc(=O)c4c(O)oc1c2c34. The van der Waals surface area contributed by atoms with E-state index < -0.39 is 16.8 Å². The molecule has 6 heteroatoms. The van der Waals surface area contributed by atoms with Gasteiger partial charge in [0.1, 0.15) is 11.0 Å². The van der Waals surface area contributed by atoms with Crippen LogP contribution in [0.4, 0.5) is 0 Å². The van der Waals surface area contributed by atoms with Crippen molar-refractivity contribution in [2.45, 2.75) is 0 Å². The Bertz CT molecular complexity index is 1100. The first-order valence-corrected chi connectivity index (χ1v) is 5.74. The van der Waals surface area contributed by atoms with Gasteiger partial charge in [0, 0.05) is 10.8 Å². The molecule has 2 N–H and O–H groups in total. The number of rotatable bonds is 0. The standard InChI is InChI=1S/C14H6O6/c15-6-3-4-8-11-9-5(13(17)19-8)1-2-7(16)12(9)20-14(18)10(6)11/h1-4,17-18H. The fourth-order valence-corrected chi connectivity index (χ4v) is 2.51. The number of benzene rings is 2. The van der Waals surface area contributed by atoms with Crippen LogP contribution in [-0.4, -0.2) is 10.2 Å². The van der Waals surface area contributed by atoms with Crippen LogP contribution in [0.3, 0.4) is 0 Å². The Labute approximate surface area is 109 Å². The minimum atomic E-state index is -0.640. The van der Waals surface area contributed by atoms with Crippen LogP contribution in [0.5, 0.6) is 11.9 Å². The minimum absolute atomic E-state index is 0.0747. The lowest BCUT2D eigenvalue weighted by molar-refractivity contribution is 0.341. The lowest BCUT2D eigenvalue weighted by Gasteiger charge is -2.09. The third-order valence-electron chi connectivity index (χ3n) is 3.35. The van der Waals surface area contributed by atoms with Gasteiger partial charge >= 0.3 is 0 Å². The Morgan fingerprint density at radius 3 is 2.30 bits per heavy atom. The molecule has 98 valence electrons. The van der Waals surface area contributed by atoms with Gasteiger partial charge in [-0.15, -0.1) is 0 Å². The molecule has 2 aromatic heterocycles. The van der Waals surface area contributed by atoms with Gasteiger partial charge in [-0.25, -0.2) is 0 Å². The van der Waals surface area contributed by atoms with E-state index in [0.717, 1.165) is 0 Å². The maximum absolute atomic E-state index is 11.9. The Hall–Kier alpha value is -3.02. The molecule has 0 amide bonds. The Kier molecular flexibility index (Phi) is 1.79. The molecule has 0 spiro atoms. The summed E-state index contributed by atoms with van der Waals surface area (Å²) >= 11 is 0. The van der Waals surface area contributed by atoms with E-state index in [9.17, 15) is 19.8 Å². The van der Waals surface area contributed by atoms with E-state index in [1.807, 2.05) is 0 Å². The van der Waals surface area contributed by atoms with E-state index in [0.29, 0.717) is 0 Å². The number of hydrogen-bond donors (Lipinski definition) is 2. The highest BCUT2D eigenvalue weighted by molar-refractivity contribution is 6.21. The first-order chi connectivity index (χ1) is 9.58. The van der Waals surface area contributed by atoms with E-state index in [-0.39, 0.29) is 38.7 Å². The molecular formula is C14H6O6. The molecule has 0 bridgehead atoms. The molecular weight excluding hydrogens is 264 g/mol. The van der Waals surface area contributed by atoms with Gasteiger partial charge in [0.2, 0.25) is 5.43 Å². The average Bonchev–Trinajstić information content (AvgIpc) is 2.42. The second kappa shape index (κ2) is 3.30. The van der Waals surface area contributed by atoms with E-state index in [2.05, 4.69) is 0 Å². The van der Waals surface area contributed by atoms with Crippen LogP contribution in [0, 0.1) is 0 Å². The molecule has 0 aliphatic heterocycles. The molecule has 0 aliphatic rings. The molecule has 0 unspecified atom stereocenters. The van der Waals surface area contributed by atoms with Gasteiger partial charge in [-0.05, 0) is 24.3 Å². The molecule has 0 saturated carbocycles. The third-order valence-corrected chi connectivity index (χ3v) is 3.35. The van der Waals surface area contributed by atoms with Crippen molar-refractivity contribution in [1.82, 2.24) is 0 Å². The first kappa shape index (κ1) is 10.9. The molecule has 2 aromatic carbocycles. The molecule has 4 rings (SSSR count). The van der Waals surface area contributed by atoms with Crippen LogP contribution < -0.4 is 10.9 Å². The third kappa shape index (κ3) is 1.13. The molecule has 4 aromatic rings. The predicted molar refractivity (Wildman–Crippen MR) is 70.5 cm³/mol. The van der Waals surface area contributed by atoms with Gasteiger partial charge in [-0.3, -0.25) is 9.59 Å². The minimum Gasteiger partial charge on any atom is -0.480 e. The van der Waals surface area contributed by atoms with Gasteiger partial charge in [-0.2, -0.15) is 0 Å². The monoisotopic (exact) mass is 270 g/mol. The average molecular weight is 270 g/mol. The highest BCUT2D eigenvalue weighted by Gasteiger charge is 2.21. The van der Waals surface area contributed by atoms with E-state index >= 15 is 0 Å². The Balaban J connectivity index is 2.58. The number of aromatic hydroxyl groups is 2. The molecule has 0 radical (unpaired) electrons. The van der Waals surface area contributed by atoms with Crippen molar-refractivity contribution < 1.29 is 19.0 Å². The maximum atomic E-state index is 11.9. The van der Waals surface area contributed by atoms with Crippen molar-refractivity contribution >= 4 is 32.7 Å². The van der Waals surface area contributed by atoms with E-state index in [1.165, 1.54) is 24.3 Å². The van der Waals surface area contributed by atoms with Crippen LogP contribution in [-0.2, 0) is 0 Å². The second-order valence-corrected chi connectivity index (χ2v) is 4.44. The summed E-state index contributed by atoms with van der Waals surface area (Å²) < 4.78 is 10.3. The summed E-state index contributed by atoms with van der Waals surface area (Å²) in [5.74, 6) is -1.03. The highest BCUT2D eigenvalue weighted by Crippen LogP contribution is 2.39. The van der Waals surface area contributed by atoms with Crippen molar-refractivity contribution in [3.05, 3.63) is 44.7 Å². The molecule has 0 atom stereocenters. The van der Waals surface area contributed by atoms with E-state index in [1.54, 1.807) is 0 Å². The number of hydrogen-bond acceptors (Lipinski definition) is 6. The summed E-state index contributed by atoms with van der Waals surface area (Å²) in [6, 6.07) is 5.14. The van der Waals surface area contributed by atoms with Gasteiger partial charge in [0.05, 0.1) is 5.39 Å². The normalized spacial score (nSPS) is 11.8. The molecule has 6 nitrogen and oxygen atoms in total. The van der Waals surface area contributed by atoms with Crippen LogP contribution in [0.15, 0.2) is 42.7 Å². The van der Waals surface area contributed by atoms with Gasteiger partial charge in [-0.1, -0.05) is 0 Å². The highest BCUT2D eigenvalue weighted by atomic mass is 16.5. The Morgan fingerprint density at radius 2 is 1.50 bits per heavy atom. The predicted octanol–water partition coefficient (Wildman–Crippen LogP) is 1.90. The smallest absolute Gasteiger partial charge is 0.294 e. The first-order valence-electron chi connectivity index (χ1n) is 5.74. The molecule has 0 fully saturated rings. The van der Waals surface area contributed by atoms with Gasteiger partial charge in [0.25, 0.3) is 11.9 Å². The molecule has 20 heavy (non-hydrogen) atoms. The summed E-state index contributed by atoms with van der Waals surface area (Å²) in [6.45, 7) is 0. The van der Waals surface area contributed by atoms with Crippen molar-refractivity contribution in [2.24, 2.45) is 0 Å². The topological polar surface area (TPSA) is 101 Å². The van der Waals surface area contributed by atoms with Crippen molar-refractivity contribution in [2.75, 3.05) is 0 Å². The summed E-state index contributed by atoms with van der Waals surface area (Å²) in [5, 5.41) is 20.4. The largest absolute Gasteiger partial charge is 0.480 e.